The maximum atomic E-state index is 13.1. The topological polar surface area (TPSA) is 108 Å². The van der Waals surface area contributed by atoms with Crippen molar-refractivity contribution in [1.29, 1.82) is 0 Å². The van der Waals surface area contributed by atoms with Crippen molar-refractivity contribution in [2.45, 2.75) is 33.2 Å². The van der Waals surface area contributed by atoms with E-state index in [1.54, 1.807) is 17.8 Å². The molecule has 1 aromatic carbocycles. The molecule has 3 rings (SSSR count). The highest BCUT2D eigenvalue weighted by molar-refractivity contribution is 5.83. The van der Waals surface area contributed by atoms with E-state index in [1.165, 1.54) is 0 Å². The molecule has 1 amide bonds. The van der Waals surface area contributed by atoms with Crippen LogP contribution in [0.2, 0.25) is 0 Å². The first kappa shape index (κ1) is 20.2. The molecule has 1 N–H and O–H groups in total. The van der Waals surface area contributed by atoms with E-state index in [0.29, 0.717) is 16.6 Å². The van der Waals surface area contributed by atoms with Crippen molar-refractivity contribution in [2.75, 3.05) is 13.2 Å². The van der Waals surface area contributed by atoms with Gasteiger partial charge < -0.3 is 10.1 Å². The zero-order valence-corrected chi connectivity index (χ0v) is 16.6. The molecular formula is C20H23N5O4. The van der Waals surface area contributed by atoms with E-state index in [2.05, 4.69) is 15.5 Å². The predicted octanol–water partition coefficient (Wildman–Crippen LogP) is 1.38. The van der Waals surface area contributed by atoms with Crippen LogP contribution < -0.4 is 10.9 Å². The molecule has 9 heteroatoms. The molecule has 0 aliphatic carbocycles. The maximum Gasteiger partial charge on any atom is 0.325 e. The van der Waals surface area contributed by atoms with Crippen LogP contribution in [0.4, 0.5) is 0 Å². The summed E-state index contributed by atoms with van der Waals surface area (Å²) >= 11 is 0. The minimum atomic E-state index is -0.540. The molecule has 29 heavy (non-hydrogen) atoms. The fraction of sp³-hybridized carbons (Fsp3) is 0.350. The van der Waals surface area contributed by atoms with Gasteiger partial charge in [0.1, 0.15) is 18.6 Å². The smallest absolute Gasteiger partial charge is 0.325 e. The Bertz CT molecular complexity index is 1090. The number of hydrogen-bond acceptors (Lipinski definition) is 6. The fourth-order valence-corrected chi connectivity index (χ4v) is 2.97. The zero-order chi connectivity index (χ0) is 21.0. The van der Waals surface area contributed by atoms with Crippen LogP contribution in [0, 0.1) is 0 Å². The standard InChI is InChI=1S/C20H23N5O4/c1-4-29-17(27)11-21-16(26)12-24-20(28)19-15(18(23-24)13(2)3)10-22-25(19)14-8-6-5-7-9-14/h5-10,13H,4,11-12H2,1-3H3,(H,21,26). The molecule has 3 aromatic rings. The maximum absolute atomic E-state index is 13.1. The number of fused-ring (bicyclic) bond motifs is 1. The molecule has 0 fully saturated rings. The highest BCUT2D eigenvalue weighted by Crippen LogP contribution is 2.22. The Labute approximate surface area is 167 Å². The van der Waals surface area contributed by atoms with Crippen molar-refractivity contribution in [3.8, 4) is 5.69 Å². The summed E-state index contributed by atoms with van der Waals surface area (Å²) in [5.74, 6) is -1.03. The first-order valence-electron chi connectivity index (χ1n) is 9.38. The summed E-state index contributed by atoms with van der Waals surface area (Å²) in [6.45, 7) is 5.25. The summed E-state index contributed by atoms with van der Waals surface area (Å²) in [4.78, 5) is 36.8. The van der Waals surface area contributed by atoms with E-state index in [4.69, 9.17) is 4.74 Å². The summed E-state index contributed by atoms with van der Waals surface area (Å²) in [6, 6.07) is 9.28. The lowest BCUT2D eigenvalue weighted by Gasteiger charge is -2.12. The largest absolute Gasteiger partial charge is 0.465 e. The van der Waals surface area contributed by atoms with Crippen molar-refractivity contribution in [3.63, 3.8) is 0 Å². The fourth-order valence-electron chi connectivity index (χ4n) is 2.97. The molecule has 0 spiro atoms. The average Bonchev–Trinajstić information content (AvgIpc) is 3.14. The van der Waals surface area contributed by atoms with Gasteiger partial charge in [-0.05, 0) is 25.0 Å². The number of nitrogens with zero attached hydrogens (tertiary/aromatic N) is 4. The van der Waals surface area contributed by atoms with Crippen LogP contribution in [-0.2, 0) is 20.9 Å². The lowest BCUT2D eigenvalue weighted by molar-refractivity contribution is -0.143. The highest BCUT2D eigenvalue weighted by Gasteiger charge is 2.20. The number of benzene rings is 1. The molecule has 2 heterocycles. The number of rotatable bonds is 7. The van der Waals surface area contributed by atoms with Crippen molar-refractivity contribution < 1.29 is 14.3 Å². The number of esters is 1. The third-order valence-electron chi connectivity index (χ3n) is 4.29. The normalized spacial score (nSPS) is 11.0. The molecule has 0 radical (unpaired) electrons. The van der Waals surface area contributed by atoms with Crippen LogP contribution >= 0.6 is 0 Å². The van der Waals surface area contributed by atoms with Gasteiger partial charge in [-0.25, -0.2) is 9.36 Å². The summed E-state index contributed by atoms with van der Waals surface area (Å²) in [7, 11) is 0. The van der Waals surface area contributed by atoms with Gasteiger partial charge in [-0.2, -0.15) is 10.2 Å². The molecule has 0 saturated carbocycles. The first-order chi connectivity index (χ1) is 13.9. The second-order valence-corrected chi connectivity index (χ2v) is 6.74. The summed E-state index contributed by atoms with van der Waals surface area (Å²) in [5, 5.41) is 11.8. The van der Waals surface area contributed by atoms with Gasteiger partial charge in [0, 0.05) is 5.39 Å². The molecule has 152 valence electrons. The van der Waals surface area contributed by atoms with E-state index >= 15 is 0 Å². The van der Waals surface area contributed by atoms with E-state index in [-0.39, 0.29) is 25.6 Å². The van der Waals surface area contributed by atoms with E-state index in [0.717, 1.165) is 10.4 Å². The summed E-state index contributed by atoms with van der Waals surface area (Å²) in [5.41, 5.74) is 1.32. The second-order valence-electron chi connectivity index (χ2n) is 6.74. The number of ether oxygens (including phenoxy) is 1. The number of aromatic nitrogens is 4. The Kier molecular flexibility index (Phi) is 6.06. The number of nitrogens with one attached hydrogen (secondary N) is 1. The Morgan fingerprint density at radius 1 is 1.21 bits per heavy atom. The minimum Gasteiger partial charge on any atom is -0.465 e. The van der Waals surface area contributed by atoms with Gasteiger partial charge in [-0.15, -0.1) is 0 Å². The SMILES string of the molecule is CCOC(=O)CNC(=O)Cn1nc(C(C)C)c2cnn(-c3ccccc3)c2c1=O. The number of hydrogen-bond donors (Lipinski definition) is 1. The van der Waals surface area contributed by atoms with E-state index < -0.39 is 17.4 Å². The Morgan fingerprint density at radius 3 is 2.59 bits per heavy atom. The third-order valence-corrected chi connectivity index (χ3v) is 4.29. The molecule has 0 atom stereocenters. The lowest BCUT2D eigenvalue weighted by atomic mass is 10.1. The van der Waals surface area contributed by atoms with Gasteiger partial charge in [0.2, 0.25) is 5.91 Å². The van der Waals surface area contributed by atoms with Crippen LogP contribution in [0.5, 0.6) is 0 Å². The zero-order valence-electron chi connectivity index (χ0n) is 16.6. The molecule has 9 nitrogen and oxygen atoms in total. The lowest BCUT2D eigenvalue weighted by Crippen LogP contribution is -2.37. The monoisotopic (exact) mass is 397 g/mol. The number of carbonyl (C=O) groups excluding carboxylic acids is 2. The molecule has 0 aliphatic rings. The highest BCUT2D eigenvalue weighted by atomic mass is 16.5. The van der Waals surface area contributed by atoms with Gasteiger partial charge >= 0.3 is 5.97 Å². The molecular weight excluding hydrogens is 374 g/mol. The van der Waals surface area contributed by atoms with Gasteiger partial charge in [-0.1, -0.05) is 32.0 Å². The number of amides is 1. The molecule has 2 aromatic heterocycles. The van der Waals surface area contributed by atoms with Crippen LogP contribution in [0.15, 0.2) is 41.3 Å². The van der Waals surface area contributed by atoms with Crippen molar-refractivity contribution >= 4 is 22.8 Å². The van der Waals surface area contributed by atoms with Crippen molar-refractivity contribution in [1.82, 2.24) is 24.9 Å². The van der Waals surface area contributed by atoms with Gasteiger partial charge in [0.15, 0.2) is 0 Å². The van der Waals surface area contributed by atoms with Crippen LogP contribution in [-0.4, -0.2) is 44.6 Å². The predicted molar refractivity (Wildman–Crippen MR) is 107 cm³/mol. The Hall–Kier alpha value is -3.49. The van der Waals surface area contributed by atoms with Crippen molar-refractivity contribution in [3.05, 3.63) is 52.6 Å². The van der Waals surface area contributed by atoms with Gasteiger partial charge in [0.05, 0.1) is 24.2 Å². The quantitative estimate of drug-likeness (QED) is 0.604. The molecule has 0 saturated heterocycles. The Morgan fingerprint density at radius 2 is 1.93 bits per heavy atom. The average molecular weight is 397 g/mol. The number of para-hydroxylation sites is 1. The second kappa shape index (κ2) is 8.68. The van der Waals surface area contributed by atoms with E-state index in [1.807, 2.05) is 44.2 Å². The molecule has 0 bridgehead atoms. The first-order valence-corrected chi connectivity index (χ1v) is 9.38. The third kappa shape index (κ3) is 4.34. The van der Waals surface area contributed by atoms with Crippen LogP contribution in [0.25, 0.3) is 16.6 Å². The molecule has 0 aliphatic heterocycles. The summed E-state index contributed by atoms with van der Waals surface area (Å²) in [6.07, 6.45) is 1.62. The number of carbonyl (C=O) groups is 2. The van der Waals surface area contributed by atoms with Crippen LogP contribution in [0.1, 0.15) is 32.4 Å². The Balaban J connectivity index is 2.00. The molecule has 0 unspecified atom stereocenters. The van der Waals surface area contributed by atoms with Gasteiger partial charge in [-0.3, -0.25) is 14.4 Å². The van der Waals surface area contributed by atoms with E-state index in [9.17, 15) is 14.4 Å². The summed E-state index contributed by atoms with van der Waals surface area (Å²) < 4.78 is 7.44. The van der Waals surface area contributed by atoms with Crippen LogP contribution in [0.3, 0.4) is 0 Å². The minimum absolute atomic E-state index is 0.0142. The van der Waals surface area contributed by atoms with Crippen molar-refractivity contribution in [2.24, 2.45) is 0 Å². The van der Waals surface area contributed by atoms with Gasteiger partial charge in [0.25, 0.3) is 5.56 Å².